The van der Waals surface area contributed by atoms with Gasteiger partial charge in [0, 0.05) is 6.42 Å². The Hall–Kier alpha value is -1.42. The Labute approximate surface area is 97.3 Å². The van der Waals surface area contributed by atoms with E-state index in [2.05, 4.69) is 9.97 Å². The van der Waals surface area contributed by atoms with Crippen LogP contribution in [0.4, 0.5) is 4.39 Å². The molecule has 5 heteroatoms. The van der Waals surface area contributed by atoms with Crippen LogP contribution in [0.5, 0.6) is 0 Å². The molecule has 0 N–H and O–H groups in total. The van der Waals surface area contributed by atoms with Crippen molar-refractivity contribution in [2.45, 2.75) is 20.3 Å². The molecule has 0 aliphatic rings. The molecule has 0 saturated heterocycles. The summed E-state index contributed by atoms with van der Waals surface area (Å²) in [5.41, 5.74) is 0.212. The fourth-order valence-corrected chi connectivity index (χ4v) is 1.54. The molecule has 0 fully saturated rings. The van der Waals surface area contributed by atoms with E-state index in [4.69, 9.17) is 16.0 Å². The molecule has 84 valence electrons. The highest BCUT2D eigenvalue weighted by Crippen LogP contribution is 2.22. The first-order chi connectivity index (χ1) is 7.61. The van der Waals surface area contributed by atoms with Crippen LogP contribution in [-0.4, -0.2) is 9.97 Å². The van der Waals surface area contributed by atoms with E-state index in [1.54, 1.807) is 6.07 Å². The van der Waals surface area contributed by atoms with Gasteiger partial charge in [0.2, 0.25) is 0 Å². The fourth-order valence-electron chi connectivity index (χ4n) is 1.32. The van der Waals surface area contributed by atoms with E-state index in [1.807, 2.05) is 13.0 Å². The molecule has 0 bridgehead atoms. The average molecular weight is 241 g/mol. The van der Waals surface area contributed by atoms with Crippen molar-refractivity contribution in [3.63, 3.8) is 0 Å². The van der Waals surface area contributed by atoms with Crippen LogP contribution >= 0.6 is 11.6 Å². The van der Waals surface area contributed by atoms with Gasteiger partial charge in [-0.25, -0.2) is 14.4 Å². The topological polar surface area (TPSA) is 38.9 Å². The number of aromatic nitrogens is 2. The van der Waals surface area contributed by atoms with Crippen LogP contribution in [0.25, 0.3) is 11.6 Å². The van der Waals surface area contributed by atoms with Crippen molar-refractivity contribution >= 4 is 11.6 Å². The van der Waals surface area contributed by atoms with Gasteiger partial charge in [0.15, 0.2) is 22.6 Å². The molecule has 2 aromatic rings. The lowest BCUT2D eigenvalue weighted by atomic mass is 10.3. The molecule has 0 aliphatic heterocycles. The van der Waals surface area contributed by atoms with Crippen molar-refractivity contribution in [2.24, 2.45) is 0 Å². The van der Waals surface area contributed by atoms with Gasteiger partial charge in [0.1, 0.15) is 5.76 Å². The van der Waals surface area contributed by atoms with Crippen molar-refractivity contribution in [2.75, 3.05) is 0 Å². The molecular weight excluding hydrogens is 231 g/mol. The summed E-state index contributed by atoms with van der Waals surface area (Å²) in [6.07, 6.45) is 0.786. The Bertz CT molecular complexity index is 501. The zero-order chi connectivity index (χ0) is 11.7. The lowest BCUT2D eigenvalue weighted by molar-refractivity contribution is 0.523. The predicted octanol–water partition coefficient (Wildman–Crippen LogP) is 3.40. The van der Waals surface area contributed by atoms with Crippen molar-refractivity contribution in [1.82, 2.24) is 9.97 Å². The molecule has 0 unspecified atom stereocenters. The van der Waals surface area contributed by atoms with Crippen molar-refractivity contribution < 1.29 is 8.81 Å². The minimum atomic E-state index is -0.590. The standard InChI is InChI=1S/C11H10ClFN2O/c1-3-7-4-5-8(16-7)11-14-6(2)9(13)10(12)15-11/h4-5H,3H2,1-2H3. The Morgan fingerprint density at radius 2 is 2.12 bits per heavy atom. The molecule has 2 heterocycles. The van der Waals surface area contributed by atoms with Crippen LogP contribution in [0.3, 0.4) is 0 Å². The van der Waals surface area contributed by atoms with E-state index in [9.17, 15) is 4.39 Å². The van der Waals surface area contributed by atoms with Gasteiger partial charge < -0.3 is 4.42 Å². The first-order valence-electron chi connectivity index (χ1n) is 4.90. The summed E-state index contributed by atoms with van der Waals surface area (Å²) in [6.45, 7) is 3.52. The Kier molecular flexibility index (Phi) is 2.92. The molecular formula is C11H10ClFN2O. The summed E-state index contributed by atoms with van der Waals surface area (Å²) >= 11 is 5.64. The highest BCUT2D eigenvalue weighted by Gasteiger charge is 2.13. The third kappa shape index (κ3) is 1.93. The summed E-state index contributed by atoms with van der Waals surface area (Å²) in [7, 11) is 0. The second kappa shape index (κ2) is 4.22. The molecule has 2 aromatic heterocycles. The van der Waals surface area contributed by atoms with Crippen LogP contribution in [-0.2, 0) is 6.42 Å². The lowest BCUT2D eigenvalue weighted by Crippen LogP contribution is -1.96. The van der Waals surface area contributed by atoms with E-state index < -0.39 is 5.82 Å². The highest BCUT2D eigenvalue weighted by molar-refractivity contribution is 6.29. The van der Waals surface area contributed by atoms with Crippen molar-refractivity contribution in [1.29, 1.82) is 0 Å². The first-order valence-corrected chi connectivity index (χ1v) is 5.28. The lowest BCUT2D eigenvalue weighted by Gasteiger charge is -2.01. The second-order valence-corrected chi connectivity index (χ2v) is 3.71. The number of rotatable bonds is 2. The van der Waals surface area contributed by atoms with Crippen molar-refractivity contribution in [3.05, 3.63) is 34.6 Å². The van der Waals surface area contributed by atoms with Crippen LogP contribution in [0.2, 0.25) is 5.15 Å². The molecule has 0 aromatic carbocycles. The highest BCUT2D eigenvalue weighted by atomic mass is 35.5. The molecule has 3 nitrogen and oxygen atoms in total. The normalized spacial score (nSPS) is 10.8. The molecule has 0 amide bonds. The average Bonchev–Trinajstić information content (AvgIpc) is 2.73. The molecule has 0 saturated carbocycles. The van der Waals surface area contributed by atoms with Crippen LogP contribution in [0, 0.1) is 12.7 Å². The maximum atomic E-state index is 13.2. The van der Waals surface area contributed by atoms with E-state index in [0.717, 1.165) is 12.2 Å². The van der Waals surface area contributed by atoms with E-state index in [-0.39, 0.29) is 10.8 Å². The third-order valence-corrected chi connectivity index (χ3v) is 2.46. The summed E-state index contributed by atoms with van der Waals surface area (Å²) in [4.78, 5) is 7.82. The number of halogens is 2. The van der Waals surface area contributed by atoms with Crippen LogP contribution in [0.1, 0.15) is 18.4 Å². The minimum Gasteiger partial charge on any atom is -0.458 e. The van der Waals surface area contributed by atoms with Gasteiger partial charge in [-0.1, -0.05) is 18.5 Å². The molecule has 0 radical (unpaired) electrons. The Morgan fingerprint density at radius 1 is 1.38 bits per heavy atom. The summed E-state index contributed by atoms with van der Waals surface area (Å²) in [5.74, 6) is 1.05. The summed E-state index contributed by atoms with van der Waals surface area (Å²) in [5, 5.41) is -0.183. The monoisotopic (exact) mass is 240 g/mol. The number of hydrogen-bond acceptors (Lipinski definition) is 3. The molecule has 2 rings (SSSR count). The van der Waals surface area contributed by atoms with Crippen LogP contribution in [0.15, 0.2) is 16.5 Å². The van der Waals surface area contributed by atoms with Crippen molar-refractivity contribution in [3.8, 4) is 11.6 Å². The van der Waals surface area contributed by atoms with Gasteiger partial charge in [-0.05, 0) is 19.1 Å². The zero-order valence-electron chi connectivity index (χ0n) is 8.92. The van der Waals surface area contributed by atoms with E-state index in [0.29, 0.717) is 11.6 Å². The predicted molar refractivity (Wildman–Crippen MR) is 58.8 cm³/mol. The van der Waals surface area contributed by atoms with Gasteiger partial charge >= 0.3 is 0 Å². The van der Waals surface area contributed by atoms with Crippen LogP contribution < -0.4 is 0 Å². The maximum absolute atomic E-state index is 13.2. The minimum absolute atomic E-state index is 0.183. The Morgan fingerprint density at radius 3 is 2.69 bits per heavy atom. The molecule has 16 heavy (non-hydrogen) atoms. The third-order valence-electron chi connectivity index (χ3n) is 2.21. The molecule has 0 aliphatic carbocycles. The van der Waals surface area contributed by atoms with Gasteiger partial charge in [-0.3, -0.25) is 0 Å². The van der Waals surface area contributed by atoms with Gasteiger partial charge in [-0.2, -0.15) is 0 Å². The van der Waals surface area contributed by atoms with Gasteiger partial charge in [0.05, 0.1) is 5.69 Å². The second-order valence-electron chi connectivity index (χ2n) is 3.36. The zero-order valence-corrected chi connectivity index (χ0v) is 9.68. The largest absolute Gasteiger partial charge is 0.458 e. The first kappa shape index (κ1) is 11.1. The SMILES string of the molecule is CCc1ccc(-c2nc(C)c(F)c(Cl)n2)o1. The smallest absolute Gasteiger partial charge is 0.197 e. The molecule has 0 atom stereocenters. The van der Waals surface area contributed by atoms with Gasteiger partial charge in [-0.15, -0.1) is 0 Å². The number of aryl methyl sites for hydroxylation is 2. The molecule has 0 spiro atoms. The number of hydrogen-bond donors (Lipinski definition) is 0. The van der Waals surface area contributed by atoms with E-state index in [1.165, 1.54) is 6.92 Å². The quantitative estimate of drug-likeness (QED) is 0.756. The number of nitrogens with zero attached hydrogens (tertiary/aromatic N) is 2. The summed E-state index contributed by atoms with van der Waals surface area (Å²) in [6, 6.07) is 3.59. The Balaban J connectivity index is 2.48. The van der Waals surface area contributed by atoms with E-state index >= 15 is 0 Å². The van der Waals surface area contributed by atoms with Gasteiger partial charge in [0.25, 0.3) is 0 Å². The summed E-state index contributed by atoms with van der Waals surface area (Å²) < 4.78 is 18.7. The fraction of sp³-hybridized carbons (Fsp3) is 0.273. The maximum Gasteiger partial charge on any atom is 0.197 e. The number of furan rings is 1.